The molecule has 4 rings (SSSR count). The molecule has 284 valence electrons. The van der Waals surface area contributed by atoms with Crippen molar-refractivity contribution >= 4 is 36.8 Å². The van der Waals surface area contributed by atoms with Gasteiger partial charge in [0.15, 0.2) is 0 Å². The number of nitrogens with zero attached hydrogens (tertiary/aromatic N) is 2. The van der Waals surface area contributed by atoms with E-state index in [4.69, 9.17) is 9.47 Å². The lowest BCUT2D eigenvalue weighted by atomic mass is 9.77. The Morgan fingerprint density at radius 3 is 1.04 bits per heavy atom. The summed E-state index contributed by atoms with van der Waals surface area (Å²) in [6, 6.07) is 40.8. The molecule has 0 radical (unpaired) electrons. The Morgan fingerprint density at radius 1 is 0.519 bits per heavy atom. The van der Waals surface area contributed by atoms with Gasteiger partial charge in [-0.15, -0.1) is 24.8 Å². The van der Waals surface area contributed by atoms with Crippen molar-refractivity contribution in [2.24, 2.45) is 11.8 Å². The van der Waals surface area contributed by atoms with Crippen molar-refractivity contribution in [3.63, 3.8) is 0 Å². The maximum absolute atomic E-state index is 12.3. The van der Waals surface area contributed by atoms with E-state index in [1.165, 1.54) is 11.1 Å². The number of ether oxygens (including phenoxy) is 2. The fourth-order valence-electron chi connectivity index (χ4n) is 6.69. The van der Waals surface area contributed by atoms with Crippen LogP contribution in [-0.4, -0.2) is 63.0 Å². The first-order valence-corrected chi connectivity index (χ1v) is 17.9. The average molecular weight is 752 g/mol. The van der Waals surface area contributed by atoms with E-state index in [0.29, 0.717) is 25.7 Å². The Kier molecular flexibility index (Phi) is 20.6. The summed E-state index contributed by atoms with van der Waals surface area (Å²) in [4.78, 5) is 29.0. The number of carbonyl (C=O) groups excluding carboxylic acids is 2. The summed E-state index contributed by atoms with van der Waals surface area (Å²) in [5, 5.41) is 0. The number of esters is 2. The minimum Gasteiger partial charge on any atom is -0.453 e. The van der Waals surface area contributed by atoms with Crippen LogP contribution in [0, 0.1) is 11.8 Å². The van der Waals surface area contributed by atoms with Gasteiger partial charge in [-0.05, 0) is 50.4 Å². The first-order chi connectivity index (χ1) is 24.0. The van der Waals surface area contributed by atoms with E-state index in [1.807, 2.05) is 86.6 Å². The molecule has 4 aromatic rings. The minimum atomic E-state index is -0.681. The van der Waals surface area contributed by atoms with Gasteiger partial charge in [-0.1, -0.05) is 149 Å². The second-order valence-corrected chi connectivity index (χ2v) is 13.8. The molecular formula is C44H60Cl2N2O4. The summed E-state index contributed by atoms with van der Waals surface area (Å²) < 4.78 is 12.3. The van der Waals surface area contributed by atoms with Gasteiger partial charge >= 0.3 is 11.9 Å². The summed E-state index contributed by atoms with van der Waals surface area (Å²) in [5.41, 5.74) is 3.08. The van der Waals surface area contributed by atoms with Crippen LogP contribution in [0.25, 0.3) is 0 Å². The highest BCUT2D eigenvalue weighted by atomic mass is 35.5. The molecule has 0 fully saturated rings. The van der Waals surface area contributed by atoms with Crippen molar-refractivity contribution in [2.75, 3.05) is 41.3 Å². The van der Waals surface area contributed by atoms with Crippen molar-refractivity contribution in [3.8, 4) is 0 Å². The van der Waals surface area contributed by atoms with Crippen molar-refractivity contribution in [2.45, 2.75) is 64.6 Å². The molecule has 0 aliphatic heterocycles. The van der Waals surface area contributed by atoms with Crippen molar-refractivity contribution < 1.29 is 19.1 Å². The van der Waals surface area contributed by atoms with Crippen LogP contribution in [0.1, 0.15) is 62.8 Å². The van der Waals surface area contributed by atoms with E-state index in [9.17, 15) is 9.59 Å². The van der Waals surface area contributed by atoms with Crippen molar-refractivity contribution in [1.29, 1.82) is 0 Å². The number of hydrogen-bond acceptors (Lipinski definition) is 6. The zero-order chi connectivity index (χ0) is 36.6. The van der Waals surface area contributed by atoms with Crippen LogP contribution in [0.5, 0.6) is 0 Å². The number of halogens is 2. The maximum Gasteiger partial charge on any atom is 0.306 e. The highest BCUT2D eigenvalue weighted by Gasteiger charge is 2.43. The predicted octanol–water partition coefficient (Wildman–Crippen LogP) is 9.39. The summed E-state index contributed by atoms with van der Waals surface area (Å²) in [5.74, 6) is -0.0445. The molecule has 0 saturated heterocycles. The van der Waals surface area contributed by atoms with E-state index in [1.54, 1.807) is 0 Å². The van der Waals surface area contributed by atoms with E-state index >= 15 is 0 Å². The molecule has 0 unspecified atom stereocenters. The highest BCUT2D eigenvalue weighted by Crippen LogP contribution is 2.40. The average Bonchev–Trinajstić information content (AvgIpc) is 3.12. The third-order valence-electron chi connectivity index (χ3n) is 9.18. The third kappa shape index (κ3) is 13.4. The van der Waals surface area contributed by atoms with Crippen molar-refractivity contribution in [1.82, 2.24) is 9.80 Å². The largest absolute Gasteiger partial charge is 0.453 e. The molecule has 6 nitrogen and oxygen atoms in total. The quantitative estimate of drug-likeness (QED) is 0.106. The fourth-order valence-corrected chi connectivity index (χ4v) is 6.69. The highest BCUT2D eigenvalue weighted by molar-refractivity contribution is 5.85. The molecule has 0 N–H and O–H groups in total. The number of carbonyl (C=O) groups is 2. The van der Waals surface area contributed by atoms with Gasteiger partial charge in [0.1, 0.15) is 11.2 Å². The lowest BCUT2D eigenvalue weighted by Crippen LogP contribution is -2.44. The van der Waals surface area contributed by atoms with Crippen LogP contribution in [-0.2, 0) is 43.1 Å². The molecule has 0 bridgehead atoms. The normalized spacial score (nSPS) is 14.2. The Labute approximate surface area is 325 Å². The van der Waals surface area contributed by atoms with Gasteiger partial charge in [0.2, 0.25) is 0 Å². The molecular weight excluding hydrogens is 691 g/mol. The van der Waals surface area contributed by atoms with Crippen molar-refractivity contribution in [3.05, 3.63) is 144 Å². The summed E-state index contributed by atoms with van der Waals surface area (Å²) >= 11 is 0. The second kappa shape index (κ2) is 23.1. The van der Waals surface area contributed by atoms with Crippen LogP contribution >= 0.6 is 24.8 Å². The van der Waals surface area contributed by atoms with Gasteiger partial charge in [0.25, 0.3) is 0 Å². The Bertz CT molecular complexity index is 1440. The number of rotatable bonds is 16. The lowest BCUT2D eigenvalue weighted by molar-refractivity contribution is -0.169. The Hall–Kier alpha value is -3.68. The first kappa shape index (κ1) is 46.3. The lowest BCUT2D eigenvalue weighted by Gasteiger charge is -2.40. The smallest absolute Gasteiger partial charge is 0.306 e. The monoisotopic (exact) mass is 750 g/mol. The SMILES string of the molecule is CCC(=O)O[C@](Cc1ccccc1)(c1ccccc1)[C@H](C)CN(C)C.CCC(=O)O[C@](Cc1ccccc1)(c1ccccc1)[C@H](C)CN(C)C.Cl.Cl. The van der Waals surface area contributed by atoms with E-state index in [2.05, 4.69) is 100 Å². The van der Waals surface area contributed by atoms with E-state index in [0.717, 1.165) is 24.2 Å². The van der Waals surface area contributed by atoms with Gasteiger partial charge < -0.3 is 19.3 Å². The fraction of sp³-hybridized carbons (Fsp3) is 0.409. The summed E-state index contributed by atoms with van der Waals surface area (Å²) in [6.45, 7) is 9.68. The number of hydrogen-bond donors (Lipinski definition) is 0. The molecule has 8 heteroatoms. The predicted molar refractivity (Wildman–Crippen MR) is 219 cm³/mol. The standard InChI is InChI=1S/2C22H29NO2.2ClH/c2*1-5-21(24)25-22(18(2)17-23(3)4,20-14-10-7-11-15-20)16-19-12-8-6-9-13-19;;/h2*6-15,18H,5,16-17H2,1-4H3;2*1H/t2*18-,22+;;/m11../s1. The Morgan fingerprint density at radius 2 is 0.788 bits per heavy atom. The first-order valence-electron chi connectivity index (χ1n) is 17.9. The van der Waals surface area contributed by atoms with Gasteiger partial charge in [-0.2, -0.15) is 0 Å². The summed E-state index contributed by atoms with van der Waals surface area (Å²) in [7, 11) is 8.21. The van der Waals surface area contributed by atoms with Crippen LogP contribution < -0.4 is 0 Å². The molecule has 0 aliphatic carbocycles. The van der Waals surface area contributed by atoms with E-state index in [-0.39, 0.29) is 48.6 Å². The molecule has 52 heavy (non-hydrogen) atoms. The third-order valence-corrected chi connectivity index (χ3v) is 9.18. The maximum atomic E-state index is 12.3. The topological polar surface area (TPSA) is 59.1 Å². The van der Waals surface area contributed by atoms with Gasteiger partial charge in [0.05, 0.1) is 0 Å². The molecule has 4 aromatic carbocycles. The van der Waals surface area contributed by atoms with Crippen LogP contribution in [0.2, 0.25) is 0 Å². The molecule has 0 saturated carbocycles. The second-order valence-electron chi connectivity index (χ2n) is 13.8. The number of benzene rings is 4. The zero-order valence-corrected chi connectivity index (χ0v) is 33.9. The molecule has 0 amide bonds. The van der Waals surface area contributed by atoms with Gasteiger partial charge in [0, 0.05) is 50.6 Å². The molecule has 0 aliphatic rings. The van der Waals surface area contributed by atoms with Crippen LogP contribution in [0.3, 0.4) is 0 Å². The van der Waals surface area contributed by atoms with Gasteiger partial charge in [-0.25, -0.2) is 0 Å². The molecule has 0 heterocycles. The molecule has 4 atom stereocenters. The minimum absolute atomic E-state index is 0. The van der Waals surface area contributed by atoms with Gasteiger partial charge in [-0.3, -0.25) is 9.59 Å². The molecule has 0 aromatic heterocycles. The Balaban J connectivity index is 0.000000501. The van der Waals surface area contributed by atoms with E-state index < -0.39 is 11.2 Å². The zero-order valence-electron chi connectivity index (χ0n) is 32.3. The van der Waals surface area contributed by atoms with Crippen LogP contribution in [0.4, 0.5) is 0 Å². The summed E-state index contributed by atoms with van der Waals surface area (Å²) in [6.07, 6.45) is 2.08. The van der Waals surface area contributed by atoms with Crippen LogP contribution in [0.15, 0.2) is 121 Å². The molecule has 0 spiro atoms.